The summed E-state index contributed by atoms with van der Waals surface area (Å²) >= 11 is 0. The highest BCUT2D eigenvalue weighted by Gasteiger charge is 2.43. The summed E-state index contributed by atoms with van der Waals surface area (Å²) < 4.78 is 2.32. The van der Waals surface area contributed by atoms with Gasteiger partial charge in [0.1, 0.15) is 7.05 Å². The third-order valence-electron chi connectivity index (χ3n) is 3.87. The summed E-state index contributed by atoms with van der Waals surface area (Å²) in [4.78, 5) is 0. The number of nitrogens with zero attached hydrogens (tertiary/aromatic N) is 1. The number of para-hydroxylation sites is 1. The predicted molar refractivity (Wildman–Crippen MR) is 60.6 cm³/mol. The van der Waals surface area contributed by atoms with E-state index in [1.807, 2.05) is 0 Å². The van der Waals surface area contributed by atoms with E-state index in [9.17, 15) is 0 Å². The quantitative estimate of drug-likeness (QED) is 0.511. The van der Waals surface area contributed by atoms with Crippen molar-refractivity contribution in [3.05, 3.63) is 29.8 Å². The Morgan fingerprint density at radius 1 is 1.27 bits per heavy atom. The van der Waals surface area contributed by atoms with Crippen LogP contribution in [0, 0.1) is 0 Å². The number of hydrogen-bond acceptors (Lipinski definition) is 0. The first-order chi connectivity index (χ1) is 6.61. The molecule has 0 spiro atoms. The smallest absolute Gasteiger partial charge is 0.209 e. The summed E-state index contributed by atoms with van der Waals surface area (Å²) in [6.07, 6.45) is 1.17. The lowest BCUT2D eigenvalue weighted by atomic mass is 9.78. The Morgan fingerprint density at radius 2 is 1.87 bits per heavy atom. The van der Waals surface area contributed by atoms with Crippen LogP contribution in [0.25, 0.3) is 0 Å². The van der Waals surface area contributed by atoms with Gasteiger partial charge in [0.15, 0.2) is 5.71 Å². The summed E-state index contributed by atoms with van der Waals surface area (Å²) in [5.41, 5.74) is 4.55. The van der Waals surface area contributed by atoms with E-state index in [0.717, 1.165) is 0 Å². The number of halogens is 1. The summed E-state index contributed by atoms with van der Waals surface area (Å²) in [6, 6.07) is 8.72. The molecule has 1 atom stereocenters. The normalized spacial score (nSPS) is 23.7. The van der Waals surface area contributed by atoms with E-state index in [0.29, 0.717) is 0 Å². The zero-order valence-electron chi connectivity index (χ0n) is 9.84. The molecule has 0 saturated heterocycles. The summed E-state index contributed by atoms with van der Waals surface area (Å²) in [5, 5.41) is 0. The first kappa shape index (κ1) is 12.7. The first-order valence-electron chi connectivity index (χ1n) is 5.28. The molecule has 0 bridgehead atoms. The third kappa shape index (κ3) is 1.63. The van der Waals surface area contributed by atoms with Crippen molar-refractivity contribution in [2.24, 2.45) is 0 Å². The Morgan fingerprint density at radius 3 is 2.47 bits per heavy atom. The van der Waals surface area contributed by atoms with Crippen molar-refractivity contribution in [2.75, 3.05) is 7.05 Å². The van der Waals surface area contributed by atoms with Crippen molar-refractivity contribution in [1.82, 2.24) is 0 Å². The van der Waals surface area contributed by atoms with Gasteiger partial charge in [-0.25, -0.2) is 4.58 Å². The van der Waals surface area contributed by atoms with E-state index < -0.39 is 0 Å². The van der Waals surface area contributed by atoms with E-state index in [2.05, 4.69) is 56.7 Å². The molecule has 1 aliphatic heterocycles. The van der Waals surface area contributed by atoms with E-state index in [4.69, 9.17) is 0 Å². The number of hydrogen-bond donors (Lipinski definition) is 0. The predicted octanol–water partition coefficient (Wildman–Crippen LogP) is 0.107. The van der Waals surface area contributed by atoms with Crippen LogP contribution in [0.5, 0.6) is 0 Å². The fourth-order valence-electron chi connectivity index (χ4n) is 2.42. The molecule has 0 N–H and O–H groups in total. The molecule has 15 heavy (non-hydrogen) atoms. The van der Waals surface area contributed by atoms with Gasteiger partial charge >= 0.3 is 0 Å². The third-order valence-corrected chi connectivity index (χ3v) is 3.87. The lowest BCUT2D eigenvalue weighted by Crippen LogP contribution is -3.00. The van der Waals surface area contributed by atoms with Gasteiger partial charge in [-0.1, -0.05) is 25.1 Å². The van der Waals surface area contributed by atoms with Gasteiger partial charge < -0.3 is 24.0 Å². The molecule has 1 aromatic rings. The van der Waals surface area contributed by atoms with E-state index >= 15 is 0 Å². The number of fused-ring (bicyclic) bond motifs is 1. The molecule has 1 aliphatic rings. The van der Waals surface area contributed by atoms with Gasteiger partial charge in [0.05, 0.1) is 5.41 Å². The lowest BCUT2D eigenvalue weighted by molar-refractivity contribution is -0.403. The molecule has 1 nitrogen and oxygen atoms in total. The van der Waals surface area contributed by atoms with E-state index in [1.54, 1.807) is 0 Å². The fourth-order valence-corrected chi connectivity index (χ4v) is 2.42. The topological polar surface area (TPSA) is 3.01 Å². The second-order valence-corrected chi connectivity index (χ2v) is 4.35. The van der Waals surface area contributed by atoms with Gasteiger partial charge in [-0.3, -0.25) is 0 Å². The average molecular weight is 315 g/mol. The minimum atomic E-state index is 0. The Labute approximate surface area is 109 Å². The van der Waals surface area contributed by atoms with Crippen molar-refractivity contribution < 1.29 is 28.6 Å². The maximum atomic E-state index is 2.34. The Balaban J connectivity index is 0.00000112. The molecule has 0 amide bonds. The monoisotopic (exact) mass is 315 g/mol. The van der Waals surface area contributed by atoms with Crippen LogP contribution in [0.15, 0.2) is 24.3 Å². The molecule has 1 unspecified atom stereocenters. The van der Waals surface area contributed by atoms with Gasteiger partial charge in [-0.15, -0.1) is 0 Å². The van der Waals surface area contributed by atoms with Crippen LogP contribution in [-0.4, -0.2) is 17.3 Å². The van der Waals surface area contributed by atoms with Crippen LogP contribution in [0.4, 0.5) is 5.69 Å². The maximum Gasteiger partial charge on any atom is 0.209 e. The van der Waals surface area contributed by atoms with E-state index in [1.165, 1.54) is 23.4 Å². The molecule has 0 radical (unpaired) electrons. The van der Waals surface area contributed by atoms with Crippen LogP contribution < -0.4 is 24.0 Å². The summed E-state index contributed by atoms with van der Waals surface area (Å²) in [6.45, 7) is 6.84. The molecular formula is C13H18IN. The zero-order chi connectivity index (χ0) is 10.3. The average Bonchev–Trinajstić information content (AvgIpc) is 2.43. The highest BCUT2D eigenvalue weighted by molar-refractivity contribution is 5.93. The van der Waals surface area contributed by atoms with Gasteiger partial charge in [0.2, 0.25) is 5.69 Å². The van der Waals surface area contributed by atoms with Crippen molar-refractivity contribution in [1.29, 1.82) is 0 Å². The zero-order valence-corrected chi connectivity index (χ0v) is 12.0. The minimum Gasteiger partial charge on any atom is -1.00 e. The number of rotatable bonds is 1. The summed E-state index contributed by atoms with van der Waals surface area (Å²) in [7, 11) is 2.16. The first-order valence-corrected chi connectivity index (χ1v) is 5.28. The Hall–Kier alpha value is -0.380. The Bertz CT molecular complexity index is 409. The second kappa shape index (κ2) is 4.24. The molecule has 2 heteroatoms. The van der Waals surface area contributed by atoms with E-state index in [-0.39, 0.29) is 29.4 Å². The van der Waals surface area contributed by atoms with Crippen molar-refractivity contribution in [2.45, 2.75) is 32.6 Å². The van der Waals surface area contributed by atoms with Crippen LogP contribution in [0.2, 0.25) is 0 Å². The van der Waals surface area contributed by atoms with Crippen molar-refractivity contribution in [3.63, 3.8) is 0 Å². The fraction of sp³-hybridized carbons (Fsp3) is 0.462. The molecule has 1 aromatic carbocycles. The molecule has 0 saturated carbocycles. The Kier molecular flexibility index (Phi) is 3.59. The molecule has 82 valence electrons. The van der Waals surface area contributed by atoms with Gasteiger partial charge in [-0.2, -0.15) is 0 Å². The molecule has 1 heterocycles. The SMILES string of the molecule is CCC1(C)C(C)=[N+](C)c2ccccc21.[I-]. The lowest BCUT2D eigenvalue weighted by Gasteiger charge is -2.19. The van der Waals surface area contributed by atoms with Gasteiger partial charge in [-0.05, 0) is 13.3 Å². The summed E-state index contributed by atoms with van der Waals surface area (Å²) in [5.74, 6) is 0. The highest BCUT2D eigenvalue weighted by Crippen LogP contribution is 2.40. The minimum absolute atomic E-state index is 0. The standard InChI is InChI=1S/C13H18N.HI/c1-5-13(3)10(2)14(4)12-9-7-6-8-11(12)13;/h6-9H,5H2,1-4H3;1H/q+1;/p-1. The molecule has 2 rings (SSSR count). The molecular weight excluding hydrogens is 297 g/mol. The largest absolute Gasteiger partial charge is 1.00 e. The molecule has 0 fully saturated rings. The van der Waals surface area contributed by atoms with Crippen molar-refractivity contribution in [3.8, 4) is 0 Å². The van der Waals surface area contributed by atoms with Crippen LogP contribution in [-0.2, 0) is 5.41 Å². The van der Waals surface area contributed by atoms with Gasteiger partial charge in [0.25, 0.3) is 0 Å². The van der Waals surface area contributed by atoms with Crippen LogP contribution in [0.3, 0.4) is 0 Å². The molecule has 0 aliphatic carbocycles. The van der Waals surface area contributed by atoms with Crippen molar-refractivity contribution >= 4 is 11.4 Å². The van der Waals surface area contributed by atoms with Crippen LogP contribution in [0.1, 0.15) is 32.8 Å². The highest BCUT2D eigenvalue weighted by atomic mass is 127. The molecule has 0 aromatic heterocycles. The van der Waals surface area contributed by atoms with Gasteiger partial charge in [0, 0.05) is 18.6 Å². The van der Waals surface area contributed by atoms with Crippen LogP contribution >= 0.6 is 0 Å². The number of benzene rings is 1. The maximum absolute atomic E-state index is 2.34. The second-order valence-electron chi connectivity index (χ2n) is 4.35.